The number of methoxy groups -OCH3 is 3. The molecule has 1 aromatic heterocycles. The summed E-state index contributed by atoms with van der Waals surface area (Å²) in [6.07, 6.45) is 3.74. The number of benzene rings is 3. The molecule has 2 amide bonds. The van der Waals surface area contributed by atoms with Crippen LogP contribution in [0.1, 0.15) is 40.5 Å². The quantitative estimate of drug-likeness (QED) is 0.307. The summed E-state index contributed by atoms with van der Waals surface area (Å²) in [6, 6.07) is 24.0. The molecule has 40 heavy (non-hydrogen) atoms. The van der Waals surface area contributed by atoms with E-state index in [-0.39, 0.29) is 24.4 Å². The first kappa shape index (κ1) is 25.6. The van der Waals surface area contributed by atoms with Gasteiger partial charge >= 0.3 is 0 Å². The highest BCUT2D eigenvalue weighted by Gasteiger charge is 2.41. The number of nitrogens with zero attached hydrogens (tertiary/aromatic N) is 3. The van der Waals surface area contributed by atoms with Crippen LogP contribution in [0.2, 0.25) is 0 Å². The lowest BCUT2D eigenvalue weighted by molar-refractivity contribution is -0.119. The maximum Gasteiger partial charge on any atom is 0.254 e. The van der Waals surface area contributed by atoms with Gasteiger partial charge in [0.25, 0.3) is 5.91 Å². The Labute approximate surface area is 233 Å². The molecule has 3 aromatic carbocycles. The Kier molecular flexibility index (Phi) is 6.67. The van der Waals surface area contributed by atoms with Gasteiger partial charge in [-0.1, -0.05) is 18.2 Å². The lowest BCUT2D eigenvalue weighted by atomic mass is 9.96. The van der Waals surface area contributed by atoms with Crippen molar-refractivity contribution in [1.82, 2.24) is 9.47 Å². The SMILES string of the molecule is COc1cccc(C(=O)N(CC(=O)N2c3ccccc3-n3cccc3C2c2cc(OC)ccc2OC)C2CC2)c1. The van der Waals surface area contributed by atoms with Crippen molar-refractivity contribution in [2.24, 2.45) is 0 Å². The third kappa shape index (κ3) is 4.45. The molecular weight excluding hydrogens is 506 g/mol. The number of carbonyl (C=O) groups excluding carboxylic acids is 2. The largest absolute Gasteiger partial charge is 0.497 e. The van der Waals surface area contributed by atoms with Gasteiger partial charge in [0, 0.05) is 23.4 Å². The van der Waals surface area contributed by atoms with Gasteiger partial charge in [-0.2, -0.15) is 0 Å². The van der Waals surface area contributed by atoms with E-state index in [1.807, 2.05) is 60.8 Å². The third-order valence-electron chi connectivity index (χ3n) is 7.59. The van der Waals surface area contributed by atoms with Gasteiger partial charge in [0.05, 0.1) is 38.4 Å². The number of ether oxygens (including phenoxy) is 3. The van der Waals surface area contributed by atoms with Crippen molar-refractivity contribution >= 4 is 17.5 Å². The number of anilines is 1. The highest BCUT2D eigenvalue weighted by Crippen LogP contribution is 2.45. The fourth-order valence-corrected chi connectivity index (χ4v) is 5.51. The minimum absolute atomic E-state index is 0.0244. The molecule has 1 unspecified atom stereocenters. The summed E-state index contributed by atoms with van der Waals surface area (Å²) < 4.78 is 18.8. The van der Waals surface area contributed by atoms with Gasteiger partial charge in [0.1, 0.15) is 29.8 Å². The van der Waals surface area contributed by atoms with Crippen LogP contribution in [-0.4, -0.2) is 55.2 Å². The van der Waals surface area contributed by atoms with Gasteiger partial charge in [0.2, 0.25) is 5.91 Å². The second-order valence-corrected chi connectivity index (χ2v) is 9.96. The molecule has 204 valence electrons. The zero-order chi connectivity index (χ0) is 27.8. The van der Waals surface area contributed by atoms with E-state index >= 15 is 0 Å². The van der Waals surface area contributed by atoms with Crippen LogP contribution in [0.5, 0.6) is 17.2 Å². The number of carbonyl (C=O) groups is 2. The van der Waals surface area contributed by atoms with Crippen LogP contribution in [0.25, 0.3) is 5.69 Å². The van der Waals surface area contributed by atoms with Crippen molar-refractivity contribution < 1.29 is 23.8 Å². The van der Waals surface area contributed by atoms with Crippen LogP contribution < -0.4 is 19.1 Å². The first-order valence-corrected chi connectivity index (χ1v) is 13.3. The maximum absolute atomic E-state index is 14.5. The number of aromatic nitrogens is 1. The Balaban J connectivity index is 1.44. The molecule has 0 radical (unpaired) electrons. The monoisotopic (exact) mass is 537 g/mol. The van der Waals surface area contributed by atoms with E-state index in [1.165, 1.54) is 0 Å². The molecule has 2 heterocycles. The van der Waals surface area contributed by atoms with Crippen LogP contribution in [0, 0.1) is 0 Å². The van der Waals surface area contributed by atoms with Crippen molar-refractivity contribution in [3.63, 3.8) is 0 Å². The molecule has 1 saturated carbocycles. The number of para-hydroxylation sites is 2. The van der Waals surface area contributed by atoms with Crippen molar-refractivity contribution in [3.05, 3.63) is 102 Å². The molecule has 0 spiro atoms. The molecule has 4 aromatic rings. The Morgan fingerprint density at radius 2 is 1.57 bits per heavy atom. The maximum atomic E-state index is 14.5. The van der Waals surface area contributed by atoms with Crippen LogP contribution >= 0.6 is 0 Å². The average molecular weight is 538 g/mol. The van der Waals surface area contributed by atoms with E-state index < -0.39 is 6.04 Å². The predicted octanol–water partition coefficient (Wildman–Crippen LogP) is 5.24. The molecule has 0 bridgehead atoms. The van der Waals surface area contributed by atoms with Crippen LogP contribution in [0.4, 0.5) is 5.69 Å². The van der Waals surface area contributed by atoms with Gasteiger partial charge < -0.3 is 23.7 Å². The number of amides is 2. The van der Waals surface area contributed by atoms with Gasteiger partial charge in [-0.15, -0.1) is 0 Å². The topological polar surface area (TPSA) is 73.2 Å². The summed E-state index contributed by atoms with van der Waals surface area (Å²) in [6.45, 7) is -0.0570. The fourth-order valence-electron chi connectivity index (χ4n) is 5.51. The average Bonchev–Trinajstić information content (AvgIpc) is 3.73. The van der Waals surface area contributed by atoms with Crippen LogP contribution in [-0.2, 0) is 4.79 Å². The molecule has 6 rings (SSSR count). The normalized spacial score (nSPS) is 15.6. The minimum atomic E-state index is -0.504. The molecular formula is C32H31N3O5. The highest BCUT2D eigenvalue weighted by molar-refractivity contribution is 6.03. The molecule has 8 heteroatoms. The number of hydrogen-bond donors (Lipinski definition) is 0. The number of hydrogen-bond acceptors (Lipinski definition) is 5. The van der Waals surface area contributed by atoms with Crippen molar-refractivity contribution in [3.8, 4) is 22.9 Å². The second kappa shape index (κ2) is 10.4. The van der Waals surface area contributed by atoms with Crippen LogP contribution in [0.3, 0.4) is 0 Å². The molecule has 1 aliphatic carbocycles. The van der Waals surface area contributed by atoms with Gasteiger partial charge in [-0.3, -0.25) is 14.5 Å². The van der Waals surface area contributed by atoms with E-state index in [9.17, 15) is 9.59 Å². The lowest BCUT2D eigenvalue weighted by Crippen LogP contribution is -2.47. The molecule has 1 fully saturated rings. The van der Waals surface area contributed by atoms with Crippen molar-refractivity contribution in [2.75, 3.05) is 32.8 Å². The first-order chi connectivity index (χ1) is 19.5. The van der Waals surface area contributed by atoms with E-state index in [0.717, 1.165) is 35.5 Å². The van der Waals surface area contributed by atoms with Crippen molar-refractivity contribution in [2.45, 2.75) is 24.9 Å². The molecule has 2 aliphatic rings. The van der Waals surface area contributed by atoms with E-state index in [1.54, 1.807) is 55.4 Å². The molecule has 0 saturated heterocycles. The van der Waals surface area contributed by atoms with E-state index in [0.29, 0.717) is 22.8 Å². The summed E-state index contributed by atoms with van der Waals surface area (Å²) in [5.74, 6) is 1.54. The molecule has 1 atom stereocenters. The third-order valence-corrected chi connectivity index (χ3v) is 7.59. The van der Waals surface area contributed by atoms with Crippen molar-refractivity contribution in [1.29, 1.82) is 0 Å². The zero-order valence-electron chi connectivity index (χ0n) is 22.7. The summed E-state index contributed by atoms with van der Waals surface area (Å²) in [5, 5.41) is 0. The predicted molar refractivity (Wildman–Crippen MR) is 152 cm³/mol. The molecule has 8 nitrogen and oxygen atoms in total. The summed E-state index contributed by atoms with van der Waals surface area (Å²) in [5.41, 5.74) is 3.86. The Bertz CT molecular complexity index is 1570. The lowest BCUT2D eigenvalue weighted by Gasteiger charge is -2.40. The van der Waals surface area contributed by atoms with E-state index in [4.69, 9.17) is 14.2 Å². The first-order valence-electron chi connectivity index (χ1n) is 13.3. The Morgan fingerprint density at radius 3 is 2.30 bits per heavy atom. The standard InChI is InChI=1S/C32H31N3O5/c1-38-23-9-6-8-21(18-23)32(37)34(22-13-14-22)20-30(36)35-27-11-5-4-10-26(27)33-17-7-12-28(33)31(35)25-19-24(39-2)15-16-29(25)40-3/h4-12,15-19,22,31H,13-14,20H2,1-3H3. The Hall–Kier alpha value is -4.72. The van der Waals surface area contributed by atoms with Gasteiger partial charge in [-0.05, 0) is 73.5 Å². The van der Waals surface area contributed by atoms with Gasteiger partial charge in [-0.25, -0.2) is 0 Å². The summed E-state index contributed by atoms with van der Waals surface area (Å²) >= 11 is 0. The summed E-state index contributed by atoms with van der Waals surface area (Å²) in [7, 11) is 4.81. The fraction of sp³-hybridized carbons (Fsp3) is 0.250. The van der Waals surface area contributed by atoms with E-state index in [2.05, 4.69) is 4.57 Å². The zero-order valence-corrected chi connectivity index (χ0v) is 22.7. The molecule has 0 N–H and O–H groups in total. The molecule has 1 aliphatic heterocycles. The minimum Gasteiger partial charge on any atom is -0.497 e. The Morgan fingerprint density at radius 1 is 0.825 bits per heavy atom. The number of rotatable bonds is 8. The summed E-state index contributed by atoms with van der Waals surface area (Å²) in [4.78, 5) is 31.7. The smallest absolute Gasteiger partial charge is 0.254 e. The highest BCUT2D eigenvalue weighted by atomic mass is 16.5. The van der Waals surface area contributed by atoms with Crippen LogP contribution in [0.15, 0.2) is 85.1 Å². The number of fused-ring (bicyclic) bond motifs is 3. The second-order valence-electron chi connectivity index (χ2n) is 9.96. The van der Waals surface area contributed by atoms with Gasteiger partial charge in [0.15, 0.2) is 0 Å².